The number of aliphatic hydroxyl groups is 1. The van der Waals surface area contributed by atoms with Crippen LogP contribution in [0.3, 0.4) is 0 Å². The van der Waals surface area contributed by atoms with Crippen LogP contribution in [0.25, 0.3) is 0 Å². The van der Waals surface area contributed by atoms with E-state index in [2.05, 4.69) is 20.1 Å². The molecular formula is C23H32N4O3S. The van der Waals surface area contributed by atoms with Crippen LogP contribution in [0.2, 0.25) is 0 Å². The molecule has 1 heterocycles. The van der Waals surface area contributed by atoms with Gasteiger partial charge in [-0.25, -0.2) is 0 Å². The van der Waals surface area contributed by atoms with E-state index >= 15 is 0 Å². The number of nitrogens with one attached hydrogen (secondary N) is 1. The first kappa shape index (κ1) is 23.2. The van der Waals surface area contributed by atoms with Crippen LogP contribution in [-0.4, -0.2) is 84.9 Å². The molecule has 2 aliphatic rings. The summed E-state index contributed by atoms with van der Waals surface area (Å²) in [6, 6.07) is 7.66. The molecule has 168 valence electrons. The van der Waals surface area contributed by atoms with Crippen LogP contribution in [-0.2, 0) is 4.79 Å². The number of thiocarbonyl (C=S) groups is 1. The van der Waals surface area contributed by atoms with Crippen LogP contribution in [0.4, 0.5) is 0 Å². The van der Waals surface area contributed by atoms with Gasteiger partial charge in [0.1, 0.15) is 11.5 Å². The van der Waals surface area contributed by atoms with E-state index in [-0.39, 0.29) is 17.5 Å². The standard InChI is InChI=1S/C23H32N4O3S/c1-3-25-23(31)27-12-10-26(11-13-27)9-8-24-16-20-21(28)14-18(15-22(20)29)17-4-6-19(30-2)7-5-17/h4-7,16,18,28H,3,8-15H2,1-2H3,(H,25,31). The Morgan fingerprint density at radius 1 is 1.26 bits per heavy atom. The quantitative estimate of drug-likeness (QED) is 0.494. The highest BCUT2D eigenvalue weighted by atomic mass is 32.1. The number of carbonyl (C=O) groups excluding carboxylic acids is 1. The summed E-state index contributed by atoms with van der Waals surface area (Å²) < 4.78 is 5.18. The molecule has 2 N–H and O–H groups in total. The van der Waals surface area contributed by atoms with Gasteiger partial charge in [0.2, 0.25) is 0 Å². The SMILES string of the molecule is CCNC(=S)N1CCN(CCN=CC2=C(O)CC(c3ccc(OC)cc3)CC2=O)CC1. The van der Waals surface area contributed by atoms with Crippen molar-refractivity contribution in [3.05, 3.63) is 41.2 Å². The van der Waals surface area contributed by atoms with Gasteiger partial charge in [-0.05, 0) is 42.8 Å². The number of hydrogen-bond acceptors (Lipinski definition) is 6. The van der Waals surface area contributed by atoms with Crippen molar-refractivity contribution in [1.82, 2.24) is 15.1 Å². The molecule has 1 aromatic rings. The van der Waals surface area contributed by atoms with Gasteiger partial charge < -0.3 is 20.1 Å². The molecule has 0 spiro atoms. The number of methoxy groups -OCH3 is 1. The van der Waals surface area contributed by atoms with Gasteiger partial charge in [0.15, 0.2) is 10.9 Å². The summed E-state index contributed by atoms with van der Waals surface area (Å²) in [7, 11) is 1.62. The third-order valence-electron chi connectivity index (χ3n) is 5.82. The lowest BCUT2D eigenvalue weighted by Crippen LogP contribution is -2.52. The van der Waals surface area contributed by atoms with Crippen LogP contribution >= 0.6 is 12.2 Å². The summed E-state index contributed by atoms with van der Waals surface area (Å²) in [6.45, 7) is 8.02. The molecular weight excluding hydrogens is 412 g/mol. The second kappa shape index (κ2) is 11.2. The van der Waals surface area contributed by atoms with Crippen LogP contribution in [0, 0.1) is 0 Å². The number of aliphatic imine (C=N–C) groups is 1. The molecule has 1 aliphatic heterocycles. The highest BCUT2D eigenvalue weighted by Gasteiger charge is 2.27. The summed E-state index contributed by atoms with van der Waals surface area (Å²) in [5.41, 5.74) is 1.38. The Morgan fingerprint density at radius 2 is 1.97 bits per heavy atom. The molecule has 1 aromatic carbocycles. The van der Waals surface area contributed by atoms with Gasteiger partial charge in [0, 0.05) is 58.3 Å². The Bertz CT molecular complexity index is 830. The zero-order valence-corrected chi connectivity index (χ0v) is 19.2. The fourth-order valence-corrected chi connectivity index (χ4v) is 4.29. The summed E-state index contributed by atoms with van der Waals surface area (Å²) in [6.07, 6.45) is 2.39. The first-order valence-corrected chi connectivity index (χ1v) is 11.3. The maximum Gasteiger partial charge on any atom is 0.169 e. The highest BCUT2D eigenvalue weighted by molar-refractivity contribution is 7.80. The number of piperazine rings is 1. The average Bonchev–Trinajstić information content (AvgIpc) is 2.78. The molecule has 0 radical (unpaired) electrons. The molecule has 0 amide bonds. The number of ether oxygens (including phenoxy) is 1. The minimum atomic E-state index is -0.0566. The van der Waals surface area contributed by atoms with E-state index in [4.69, 9.17) is 17.0 Å². The van der Waals surface area contributed by atoms with Gasteiger partial charge >= 0.3 is 0 Å². The molecule has 1 aliphatic carbocycles. The Kier molecular flexibility index (Phi) is 8.43. The Morgan fingerprint density at radius 3 is 2.58 bits per heavy atom. The first-order chi connectivity index (χ1) is 15.0. The Hall–Kier alpha value is -2.45. The van der Waals surface area contributed by atoms with E-state index in [9.17, 15) is 9.90 Å². The molecule has 8 heteroatoms. The van der Waals surface area contributed by atoms with E-state index in [1.807, 2.05) is 31.2 Å². The largest absolute Gasteiger partial charge is 0.511 e. The van der Waals surface area contributed by atoms with Crippen molar-refractivity contribution in [1.29, 1.82) is 0 Å². The molecule has 1 fully saturated rings. The molecule has 1 saturated heterocycles. The van der Waals surface area contributed by atoms with Crippen LogP contribution in [0.5, 0.6) is 5.75 Å². The van der Waals surface area contributed by atoms with E-state index in [1.54, 1.807) is 13.3 Å². The Labute approximate surface area is 189 Å². The number of Topliss-reactive ketones (excluding diaryl/α,β-unsaturated/α-hetero) is 1. The molecule has 0 saturated carbocycles. The van der Waals surface area contributed by atoms with Crippen molar-refractivity contribution in [2.75, 3.05) is 52.9 Å². The lowest BCUT2D eigenvalue weighted by molar-refractivity contribution is -0.116. The maximum atomic E-state index is 12.6. The van der Waals surface area contributed by atoms with Gasteiger partial charge in [-0.1, -0.05) is 12.1 Å². The van der Waals surface area contributed by atoms with E-state index < -0.39 is 0 Å². The molecule has 1 atom stereocenters. The Balaban J connectivity index is 1.47. The number of rotatable bonds is 7. The number of ketones is 1. The second-order valence-corrected chi connectivity index (χ2v) is 8.25. The summed E-state index contributed by atoms with van der Waals surface area (Å²) >= 11 is 5.37. The van der Waals surface area contributed by atoms with E-state index in [0.29, 0.717) is 25.0 Å². The predicted molar refractivity (Wildman–Crippen MR) is 127 cm³/mol. The van der Waals surface area contributed by atoms with Crippen molar-refractivity contribution >= 4 is 29.3 Å². The van der Waals surface area contributed by atoms with Gasteiger partial charge in [-0.15, -0.1) is 0 Å². The molecule has 0 bridgehead atoms. The van der Waals surface area contributed by atoms with Crippen molar-refractivity contribution in [3.8, 4) is 5.75 Å². The van der Waals surface area contributed by atoms with Crippen molar-refractivity contribution in [2.45, 2.75) is 25.7 Å². The van der Waals surface area contributed by atoms with E-state index in [1.165, 1.54) is 0 Å². The maximum absolute atomic E-state index is 12.6. The molecule has 31 heavy (non-hydrogen) atoms. The average molecular weight is 445 g/mol. The van der Waals surface area contributed by atoms with Crippen molar-refractivity contribution in [3.63, 3.8) is 0 Å². The van der Waals surface area contributed by atoms with Gasteiger partial charge in [-0.2, -0.15) is 0 Å². The number of hydrogen-bond donors (Lipinski definition) is 2. The van der Waals surface area contributed by atoms with E-state index in [0.717, 1.165) is 55.7 Å². The predicted octanol–water partition coefficient (Wildman–Crippen LogP) is 2.54. The summed E-state index contributed by atoms with van der Waals surface area (Å²) in [5.74, 6) is 0.839. The zero-order chi connectivity index (χ0) is 22.2. The molecule has 0 aromatic heterocycles. The first-order valence-electron chi connectivity index (χ1n) is 10.9. The fraction of sp³-hybridized carbons (Fsp3) is 0.522. The number of aliphatic hydroxyl groups excluding tert-OH is 1. The lowest BCUT2D eigenvalue weighted by Gasteiger charge is -2.35. The van der Waals surface area contributed by atoms with Crippen LogP contribution in [0.1, 0.15) is 31.2 Å². The number of allylic oxidation sites excluding steroid dienone is 2. The van der Waals surface area contributed by atoms with Gasteiger partial charge in [-0.3, -0.25) is 14.7 Å². The smallest absolute Gasteiger partial charge is 0.169 e. The minimum Gasteiger partial charge on any atom is -0.511 e. The lowest BCUT2D eigenvalue weighted by atomic mass is 9.83. The third kappa shape index (κ3) is 6.27. The topological polar surface area (TPSA) is 77.4 Å². The van der Waals surface area contributed by atoms with Gasteiger partial charge in [0.05, 0.1) is 19.2 Å². The fourth-order valence-electron chi connectivity index (χ4n) is 3.96. The highest BCUT2D eigenvalue weighted by Crippen LogP contribution is 2.33. The molecule has 3 rings (SSSR count). The molecule has 1 unspecified atom stereocenters. The number of nitrogens with zero attached hydrogens (tertiary/aromatic N) is 3. The van der Waals surface area contributed by atoms with Crippen molar-refractivity contribution < 1.29 is 14.6 Å². The summed E-state index contributed by atoms with van der Waals surface area (Å²) in [4.78, 5) is 21.6. The van der Waals surface area contributed by atoms with Crippen LogP contribution < -0.4 is 10.1 Å². The summed E-state index contributed by atoms with van der Waals surface area (Å²) in [5, 5.41) is 14.5. The molecule has 7 nitrogen and oxygen atoms in total. The minimum absolute atomic E-state index is 0.0138. The normalized spacial score (nSPS) is 20.4. The van der Waals surface area contributed by atoms with Gasteiger partial charge in [0.25, 0.3) is 0 Å². The second-order valence-electron chi connectivity index (χ2n) is 7.86. The van der Waals surface area contributed by atoms with Crippen LogP contribution in [0.15, 0.2) is 40.6 Å². The van der Waals surface area contributed by atoms with Crippen molar-refractivity contribution in [2.24, 2.45) is 4.99 Å². The third-order valence-corrected chi connectivity index (χ3v) is 6.23. The number of carbonyl (C=O) groups is 1. The zero-order valence-electron chi connectivity index (χ0n) is 18.3. The number of benzene rings is 1. The monoisotopic (exact) mass is 444 g/mol.